The fourth-order valence-electron chi connectivity index (χ4n) is 1.54. The van der Waals surface area contributed by atoms with Crippen molar-refractivity contribution < 1.29 is 23.8 Å². The van der Waals surface area contributed by atoms with Gasteiger partial charge in [-0.25, -0.2) is 9.18 Å². The summed E-state index contributed by atoms with van der Waals surface area (Å²) in [5.41, 5.74) is 0.0177. The zero-order chi connectivity index (χ0) is 14.7. The highest BCUT2D eigenvalue weighted by atomic mass is 32.1. The zero-order valence-electron chi connectivity index (χ0n) is 10.3. The van der Waals surface area contributed by atoms with E-state index in [9.17, 15) is 14.0 Å². The Labute approximate surface area is 117 Å². The van der Waals surface area contributed by atoms with Gasteiger partial charge in [0.1, 0.15) is 16.4 Å². The van der Waals surface area contributed by atoms with Gasteiger partial charge in [-0.05, 0) is 23.6 Å². The summed E-state index contributed by atoms with van der Waals surface area (Å²) in [5, 5.41) is 13.1. The first-order valence-corrected chi connectivity index (χ1v) is 6.36. The molecule has 0 fully saturated rings. The lowest BCUT2D eigenvalue weighted by Crippen LogP contribution is -2.15. The molecule has 1 aromatic heterocycles. The van der Waals surface area contributed by atoms with Crippen LogP contribution in [0.2, 0.25) is 0 Å². The predicted molar refractivity (Wildman–Crippen MR) is 71.7 cm³/mol. The van der Waals surface area contributed by atoms with Crippen LogP contribution in [0.1, 0.15) is 20.0 Å². The number of aromatic hydroxyl groups is 1. The lowest BCUT2D eigenvalue weighted by Gasteiger charge is -2.06. The normalized spacial score (nSPS) is 10.1. The number of esters is 1. The van der Waals surface area contributed by atoms with E-state index < -0.39 is 17.7 Å². The second-order valence-corrected chi connectivity index (χ2v) is 4.69. The maximum atomic E-state index is 13.5. The quantitative estimate of drug-likeness (QED) is 0.854. The molecular weight excluding hydrogens is 285 g/mol. The van der Waals surface area contributed by atoms with Crippen LogP contribution in [0.4, 0.5) is 10.1 Å². The van der Waals surface area contributed by atoms with Crippen LogP contribution in [0.5, 0.6) is 5.75 Å². The first-order chi connectivity index (χ1) is 9.52. The average Bonchev–Trinajstić information content (AvgIpc) is 2.85. The Kier molecular flexibility index (Phi) is 3.99. The SMILES string of the molecule is COC(=O)c1sccc1NC(=O)c1ccc(O)cc1F. The van der Waals surface area contributed by atoms with Crippen molar-refractivity contribution in [2.24, 2.45) is 0 Å². The molecule has 0 aliphatic heterocycles. The van der Waals surface area contributed by atoms with Gasteiger partial charge in [-0.3, -0.25) is 4.79 Å². The van der Waals surface area contributed by atoms with Gasteiger partial charge in [-0.1, -0.05) is 0 Å². The average molecular weight is 295 g/mol. The van der Waals surface area contributed by atoms with Crippen molar-refractivity contribution in [1.82, 2.24) is 0 Å². The van der Waals surface area contributed by atoms with Crippen LogP contribution in [0.3, 0.4) is 0 Å². The summed E-state index contributed by atoms with van der Waals surface area (Å²) >= 11 is 1.10. The van der Waals surface area contributed by atoms with Crippen molar-refractivity contribution in [3.8, 4) is 5.75 Å². The number of halogens is 1. The second kappa shape index (κ2) is 5.70. The van der Waals surface area contributed by atoms with Crippen molar-refractivity contribution in [2.75, 3.05) is 12.4 Å². The summed E-state index contributed by atoms with van der Waals surface area (Å²) in [4.78, 5) is 23.6. The molecule has 1 aromatic carbocycles. The summed E-state index contributed by atoms with van der Waals surface area (Å²) in [6.45, 7) is 0. The molecule has 2 aromatic rings. The summed E-state index contributed by atoms with van der Waals surface area (Å²) in [6.07, 6.45) is 0. The number of ether oxygens (including phenoxy) is 1. The molecular formula is C13H10FNO4S. The molecule has 0 saturated heterocycles. The Bertz CT molecular complexity index is 668. The van der Waals surface area contributed by atoms with Gasteiger partial charge in [0.05, 0.1) is 18.4 Å². The van der Waals surface area contributed by atoms with E-state index in [2.05, 4.69) is 10.1 Å². The van der Waals surface area contributed by atoms with Crippen molar-refractivity contribution >= 4 is 28.9 Å². The van der Waals surface area contributed by atoms with E-state index in [1.807, 2.05) is 0 Å². The third-order valence-electron chi connectivity index (χ3n) is 2.48. The number of phenols is 1. The molecule has 0 radical (unpaired) electrons. The first-order valence-electron chi connectivity index (χ1n) is 5.48. The van der Waals surface area contributed by atoms with E-state index in [-0.39, 0.29) is 21.9 Å². The van der Waals surface area contributed by atoms with Crippen molar-refractivity contribution in [3.63, 3.8) is 0 Å². The number of hydrogen-bond donors (Lipinski definition) is 2. The van der Waals surface area contributed by atoms with Crippen molar-refractivity contribution in [2.45, 2.75) is 0 Å². The smallest absolute Gasteiger partial charge is 0.350 e. The molecule has 0 spiro atoms. The molecule has 1 amide bonds. The number of methoxy groups -OCH3 is 1. The Balaban J connectivity index is 2.24. The Hall–Kier alpha value is -2.41. The minimum atomic E-state index is -0.850. The van der Waals surface area contributed by atoms with Crippen molar-refractivity contribution in [1.29, 1.82) is 0 Å². The fraction of sp³-hybridized carbons (Fsp3) is 0.0769. The van der Waals surface area contributed by atoms with Gasteiger partial charge in [0.15, 0.2) is 0 Å². The highest BCUT2D eigenvalue weighted by Crippen LogP contribution is 2.24. The largest absolute Gasteiger partial charge is 0.508 e. The van der Waals surface area contributed by atoms with Crippen LogP contribution in [0.25, 0.3) is 0 Å². The van der Waals surface area contributed by atoms with Crippen LogP contribution in [0, 0.1) is 5.82 Å². The minimum Gasteiger partial charge on any atom is -0.508 e. The number of nitrogens with one attached hydrogen (secondary N) is 1. The number of phenolic OH excluding ortho intramolecular Hbond substituents is 1. The van der Waals surface area contributed by atoms with Crippen LogP contribution in [-0.2, 0) is 4.74 Å². The minimum absolute atomic E-state index is 0.222. The third-order valence-corrected chi connectivity index (χ3v) is 3.38. The number of amides is 1. The summed E-state index contributed by atoms with van der Waals surface area (Å²) < 4.78 is 18.1. The standard InChI is InChI=1S/C13H10FNO4S/c1-19-13(18)11-10(4-5-20-11)15-12(17)8-3-2-7(16)6-9(8)14/h2-6,16H,1H3,(H,15,17). The van der Waals surface area contributed by atoms with E-state index in [1.165, 1.54) is 19.2 Å². The molecule has 5 nitrogen and oxygen atoms in total. The highest BCUT2D eigenvalue weighted by molar-refractivity contribution is 7.12. The Morgan fingerprint density at radius 3 is 2.75 bits per heavy atom. The lowest BCUT2D eigenvalue weighted by molar-refractivity contribution is 0.0607. The second-order valence-electron chi connectivity index (χ2n) is 3.77. The molecule has 0 saturated carbocycles. The Morgan fingerprint density at radius 2 is 2.10 bits per heavy atom. The van der Waals surface area contributed by atoms with Gasteiger partial charge in [0.2, 0.25) is 0 Å². The fourth-order valence-corrected chi connectivity index (χ4v) is 2.30. The topological polar surface area (TPSA) is 75.6 Å². The Morgan fingerprint density at radius 1 is 1.35 bits per heavy atom. The summed E-state index contributed by atoms with van der Waals surface area (Å²) in [5.74, 6) is -2.42. The van der Waals surface area contributed by atoms with Crippen LogP contribution in [0.15, 0.2) is 29.6 Å². The van der Waals surface area contributed by atoms with E-state index in [0.717, 1.165) is 23.5 Å². The van der Waals surface area contributed by atoms with E-state index in [4.69, 9.17) is 5.11 Å². The molecule has 0 atom stereocenters. The summed E-state index contributed by atoms with van der Waals surface area (Å²) in [7, 11) is 1.23. The number of thiophene rings is 1. The lowest BCUT2D eigenvalue weighted by atomic mass is 10.2. The molecule has 0 bridgehead atoms. The molecule has 0 aliphatic rings. The van der Waals surface area contributed by atoms with Crippen LogP contribution in [-0.4, -0.2) is 24.1 Å². The summed E-state index contributed by atoms with van der Waals surface area (Å²) in [6, 6.07) is 4.72. The molecule has 2 rings (SSSR count). The third kappa shape index (κ3) is 2.77. The number of rotatable bonds is 3. The van der Waals surface area contributed by atoms with Gasteiger partial charge in [0, 0.05) is 6.07 Å². The van der Waals surface area contributed by atoms with Gasteiger partial charge >= 0.3 is 5.97 Å². The number of carbonyl (C=O) groups is 2. The van der Waals surface area contributed by atoms with Crippen LogP contribution < -0.4 is 5.32 Å². The molecule has 2 N–H and O–H groups in total. The zero-order valence-corrected chi connectivity index (χ0v) is 11.2. The van der Waals surface area contributed by atoms with Gasteiger partial charge in [-0.2, -0.15) is 0 Å². The monoisotopic (exact) mass is 295 g/mol. The molecule has 0 unspecified atom stereocenters. The van der Waals surface area contributed by atoms with Gasteiger partial charge in [0.25, 0.3) is 5.91 Å². The highest BCUT2D eigenvalue weighted by Gasteiger charge is 2.18. The molecule has 7 heteroatoms. The molecule has 20 heavy (non-hydrogen) atoms. The van der Waals surface area contributed by atoms with Crippen molar-refractivity contribution in [3.05, 3.63) is 45.9 Å². The number of anilines is 1. The predicted octanol–water partition coefficient (Wildman–Crippen LogP) is 2.63. The number of benzene rings is 1. The van der Waals surface area contributed by atoms with E-state index in [1.54, 1.807) is 5.38 Å². The number of carbonyl (C=O) groups excluding carboxylic acids is 2. The van der Waals surface area contributed by atoms with Gasteiger partial charge in [-0.15, -0.1) is 11.3 Å². The van der Waals surface area contributed by atoms with Gasteiger partial charge < -0.3 is 15.2 Å². The maximum absolute atomic E-state index is 13.5. The molecule has 1 heterocycles. The number of hydrogen-bond acceptors (Lipinski definition) is 5. The molecule has 104 valence electrons. The van der Waals surface area contributed by atoms with Crippen LogP contribution >= 0.6 is 11.3 Å². The van der Waals surface area contributed by atoms with E-state index in [0.29, 0.717) is 0 Å². The molecule has 0 aliphatic carbocycles. The maximum Gasteiger partial charge on any atom is 0.350 e. The van der Waals surface area contributed by atoms with E-state index >= 15 is 0 Å². The first kappa shape index (κ1) is 14.0.